The van der Waals surface area contributed by atoms with Crippen molar-refractivity contribution in [2.75, 3.05) is 31.3 Å². The molecule has 0 bridgehead atoms. The van der Waals surface area contributed by atoms with Gasteiger partial charge in [0.15, 0.2) is 6.61 Å². The summed E-state index contributed by atoms with van der Waals surface area (Å²) in [6, 6.07) is 13.9. The van der Waals surface area contributed by atoms with Crippen LogP contribution in [0.25, 0.3) is 0 Å². The first kappa shape index (κ1) is 21.3. The van der Waals surface area contributed by atoms with Crippen molar-refractivity contribution in [3.8, 4) is 5.75 Å². The zero-order valence-electron chi connectivity index (χ0n) is 15.7. The third-order valence-corrected chi connectivity index (χ3v) is 4.36. The molecule has 0 fully saturated rings. The Morgan fingerprint density at radius 3 is 2.43 bits per heavy atom. The molecule has 0 saturated carbocycles. The van der Waals surface area contributed by atoms with Crippen molar-refractivity contribution in [3.05, 3.63) is 54.1 Å². The standard InChI is InChI=1S/C20H22N2O5S/c1-3-26-15-10-8-14(9-11-15)20(25)21-12-19(24)27-13-18(23)22-16-6-4-5-7-17(16)28-2/h4-11H,3,12-13H2,1-2H3,(H,21,25)(H,22,23). The zero-order chi connectivity index (χ0) is 20.4. The Hall–Kier alpha value is -3.00. The lowest BCUT2D eigenvalue weighted by atomic mass is 10.2. The van der Waals surface area contributed by atoms with Gasteiger partial charge in [-0.15, -0.1) is 11.8 Å². The molecular weight excluding hydrogens is 380 g/mol. The fourth-order valence-corrected chi connectivity index (χ4v) is 2.81. The molecule has 0 aromatic heterocycles. The highest BCUT2D eigenvalue weighted by Crippen LogP contribution is 2.24. The van der Waals surface area contributed by atoms with Crippen LogP contribution < -0.4 is 15.4 Å². The first-order valence-corrected chi connectivity index (χ1v) is 9.85. The van der Waals surface area contributed by atoms with E-state index in [-0.39, 0.29) is 6.54 Å². The summed E-state index contributed by atoms with van der Waals surface area (Å²) in [6.45, 7) is 1.64. The number of hydrogen-bond acceptors (Lipinski definition) is 6. The molecule has 0 aliphatic rings. The van der Waals surface area contributed by atoms with Gasteiger partial charge in [0.1, 0.15) is 12.3 Å². The van der Waals surface area contributed by atoms with Crippen LogP contribution >= 0.6 is 11.8 Å². The van der Waals surface area contributed by atoms with E-state index in [2.05, 4.69) is 10.6 Å². The summed E-state index contributed by atoms with van der Waals surface area (Å²) >= 11 is 1.50. The van der Waals surface area contributed by atoms with Crippen molar-refractivity contribution in [2.45, 2.75) is 11.8 Å². The number of benzene rings is 2. The molecule has 2 aromatic carbocycles. The maximum atomic E-state index is 12.0. The maximum absolute atomic E-state index is 12.0. The summed E-state index contributed by atoms with van der Waals surface area (Å²) < 4.78 is 10.2. The molecule has 0 radical (unpaired) electrons. The van der Waals surface area contributed by atoms with Gasteiger partial charge in [0.25, 0.3) is 11.8 Å². The Labute approximate surface area is 167 Å². The third kappa shape index (κ3) is 6.62. The van der Waals surface area contributed by atoms with Crippen molar-refractivity contribution in [1.82, 2.24) is 5.32 Å². The zero-order valence-corrected chi connectivity index (χ0v) is 16.5. The van der Waals surface area contributed by atoms with E-state index in [1.54, 1.807) is 36.4 Å². The van der Waals surface area contributed by atoms with E-state index in [1.807, 2.05) is 25.3 Å². The van der Waals surface area contributed by atoms with Crippen LogP contribution in [0.1, 0.15) is 17.3 Å². The normalized spacial score (nSPS) is 10.1. The topological polar surface area (TPSA) is 93.7 Å². The molecule has 0 saturated heterocycles. The number of thioether (sulfide) groups is 1. The van der Waals surface area contributed by atoms with Crippen LogP contribution in [0.15, 0.2) is 53.4 Å². The summed E-state index contributed by atoms with van der Waals surface area (Å²) in [4.78, 5) is 36.6. The van der Waals surface area contributed by atoms with E-state index in [4.69, 9.17) is 9.47 Å². The van der Waals surface area contributed by atoms with Gasteiger partial charge < -0.3 is 20.1 Å². The van der Waals surface area contributed by atoms with E-state index in [1.165, 1.54) is 11.8 Å². The second-order valence-corrected chi connectivity index (χ2v) is 6.40. The first-order valence-electron chi connectivity index (χ1n) is 8.63. The number of esters is 1. The van der Waals surface area contributed by atoms with Crippen LogP contribution in [0.3, 0.4) is 0 Å². The maximum Gasteiger partial charge on any atom is 0.325 e. The van der Waals surface area contributed by atoms with Gasteiger partial charge in [-0.2, -0.15) is 0 Å². The number of carbonyl (C=O) groups excluding carboxylic acids is 3. The predicted molar refractivity (Wildman–Crippen MR) is 108 cm³/mol. The SMILES string of the molecule is CCOc1ccc(C(=O)NCC(=O)OCC(=O)Nc2ccccc2SC)cc1. The molecule has 2 aromatic rings. The number of ether oxygens (including phenoxy) is 2. The van der Waals surface area contributed by atoms with E-state index < -0.39 is 24.4 Å². The van der Waals surface area contributed by atoms with Crippen molar-refractivity contribution < 1.29 is 23.9 Å². The van der Waals surface area contributed by atoms with E-state index in [9.17, 15) is 14.4 Å². The predicted octanol–water partition coefficient (Wildman–Crippen LogP) is 2.72. The Morgan fingerprint density at radius 1 is 1.04 bits per heavy atom. The number of nitrogens with one attached hydrogen (secondary N) is 2. The van der Waals surface area contributed by atoms with Crippen LogP contribution in [0, 0.1) is 0 Å². The van der Waals surface area contributed by atoms with Gasteiger partial charge in [0.2, 0.25) is 0 Å². The molecule has 0 atom stereocenters. The van der Waals surface area contributed by atoms with Gasteiger partial charge in [-0.1, -0.05) is 12.1 Å². The molecule has 148 valence electrons. The average molecular weight is 402 g/mol. The highest BCUT2D eigenvalue weighted by molar-refractivity contribution is 7.98. The Kier molecular flexibility index (Phi) is 8.36. The highest BCUT2D eigenvalue weighted by Gasteiger charge is 2.12. The lowest BCUT2D eigenvalue weighted by molar-refractivity contribution is -0.146. The Balaban J connectivity index is 1.74. The number of rotatable bonds is 9. The van der Waals surface area contributed by atoms with E-state index in [0.717, 1.165) is 4.90 Å². The second-order valence-electron chi connectivity index (χ2n) is 5.55. The third-order valence-electron chi connectivity index (χ3n) is 3.57. The number of carbonyl (C=O) groups is 3. The van der Waals surface area contributed by atoms with E-state index >= 15 is 0 Å². The largest absolute Gasteiger partial charge is 0.494 e. The molecular formula is C20H22N2O5S. The molecule has 2 rings (SSSR count). The van der Waals surface area contributed by atoms with Crippen LogP contribution in [0.4, 0.5) is 5.69 Å². The molecule has 28 heavy (non-hydrogen) atoms. The fraction of sp³-hybridized carbons (Fsp3) is 0.250. The lowest BCUT2D eigenvalue weighted by Gasteiger charge is -2.10. The van der Waals surface area contributed by atoms with Gasteiger partial charge in [-0.25, -0.2) is 0 Å². The minimum Gasteiger partial charge on any atom is -0.494 e. The van der Waals surface area contributed by atoms with E-state index in [0.29, 0.717) is 23.6 Å². The molecule has 2 amide bonds. The molecule has 0 aliphatic carbocycles. The number of para-hydroxylation sites is 1. The summed E-state index contributed by atoms with van der Waals surface area (Å²) in [5, 5.41) is 5.14. The van der Waals surface area contributed by atoms with Crippen LogP contribution in [0.2, 0.25) is 0 Å². The Bertz CT molecular complexity index is 824. The quantitative estimate of drug-likeness (QED) is 0.495. The molecule has 7 nitrogen and oxygen atoms in total. The fourth-order valence-electron chi connectivity index (χ4n) is 2.25. The molecule has 0 unspecified atom stereocenters. The summed E-state index contributed by atoms with van der Waals surface area (Å²) in [6.07, 6.45) is 1.90. The number of amides is 2. The number of hydrogen-bond donors (Lipinski definition) is 2. The van der Waals surface area contributed by atoms with Crippen molar-refractivity contribution >= 4 is 35.2 Å². The van der Waals surface area contributed by atoms with Crippen molar-refractivity contribution in [1.29, 1.82) is 0 Å². The molecule has 0 aliphatic heterocycles. The lowest BCUT2D eigenvalue weighted by Crippen LogP contribution is -2.32. The van der Waals surface area contributed by atoms with Crippen LogP contribution in [-0.4, -0.2) is 43.8 Å². The molecule has 8 heteroatoms. The smallest absolute Gasteiger partial charge is 0.325 e. The van der Waals surface area contributed by atoms with Crippen molar-refractivity contribution in [2.24, 2.45) is 0 Å². The minimum atomic E-state index is -0.701. The van der Waals surface area contributed by atoms with Crippen molar-refractivity contribution in [3.63, 3.8) is 0 Å². The average Bonchev–Trinajstić information content (AvgIpc) is 2.71. The minimum absolute atomic E-state index is 0.333. The van der Waals surface area contributed by atoms with Gasteiger partial charge in [-0.3, -0.25) is 14.4 Å². The summed E-state index contributed by atoms with van der Waals surface area (Å²) in [5.41, 5.74) is 1.04. The first-order chi connectivity index (χ1) is 13.5. The van der Waals surface area contributed by atoms with Gasteiger partial charge in [-0.05, 0) is 49.6 Å². The monoisotopic (exact) mass is 402 g/mol. The number of anilines is 1. The summed E-state index contributed by atoms with van der Waals surface area (Å²) in [7, 11) is 0. The molecule has 0 spiro atoms. The van der Waals surface area contributed by atoms with Crippen LogP contribution in [-0.2, 0) is 14.3 Å². The highest BCUT2D eigenvalue weighted by atomic mass is 32.2. The van der Waals surface area contributed by atoms with Crippen LogP contribution in [0.5, 0.6) is 5.75 Å². The summed E-state index contributed by atoms with van der Waals surface area (Å²) in [5.74, 6) is -0.911. The molecule has 2 N–H and O–H groups in total. The Morgan fingerprint density at radius 2 is 1.75 bits per heavy atom. The van der Waals surface area contributed by atoms with Gasteiger partial charge in [0, 0.05) is 10.5 Å². The second kappa shape index (κ2) is 11.0. The van der Waals surface area contributed by atoms with Gasteiger partial charge >= 0.3 is 5.97 Å². The molecule has 0 heterocycles. The van der Waals surface area contributed by atoms with Gasteiger partial charge in [0.05, 0.1) is 12.3 Å².